The first kappa shape index (κ1) is 22.1. The Balaban J connectivity index is 1.50. The largest absolute Gasteiger partial charge is 0.493 e. The van der Waals surface area contributed by atoms with E-state index in [0.717, 1.165) is 35.0 Å². The fourth-order valence-corrected chi connectivity index (χ4v) is 4.38. The van der Waals surface area contributed by atoms with Crippen molar-refractivity contribution in [3.63, 3.8) is 0 Å². The van der Waals surface area contributed by atoms with Crippen LogP contribution in [0.25, 0.3) is 10.9 Å². The van der Waals surface area contributed by atoms with Crippen molar-refractivity contribution in [1.82, 2.24) is 14.9 Å². The number of hydrogen-bond acceptors (Lipinski definition) is 5. The number of fused-ring (bicyclic) bond motifs is 1. The minimum atomic E-state index is 0.0763. The minimum absolute atomic E-state index is 0.0763. The van der Waals surface area contributed by atoms with E-state index in [-0.39, 0.29) is 17.2 Å². The van der Waals surface area contributed by atoms with Crippen molar-refractivity contribution in [3.05, 3.63) is 59.5 Å². The first-order valence-corrected chi connectivity index (χ1v) is 11.1. The van der Waals surface area contributed by atoms with Gasteiger partial charge in [0, 0.05) is 36.0 Å². The van der Waals surface area contributed by atoms with Crippen LogP contribution in [0.5, 0.6) is 11.5 Å². The predicted molar refractivity (Wildman–Crippen MR) is 126 cm³/mol. The lowest BCUT2D eigenvalue weighted by molar-refractivity contribution is 0.0712. The van der Waals surface area contributed by atoms with Gasteiger partial charge >= 0.3 is 0 Å². The van der Waals surface area contributed by atoms with Crippen LogP contribution in [0, 0.1) is 0 Å². The SMILES string of the molecule is COc1cc2ncnc(C3CCN(C(=O)c4ccc(C(C)(C)C)cc4)CC3)c2cc1OC. The number of carbonyl (C=O) groups excluding carboxylic acids is 1. The number of methoxy groups -OCH3 is 2. The van der Waals surface area contributed by atoms with E-state index >= 15 is 0 Å². The van der Waals surface area contributed by atoms with E-state index < -0.39 is 0 Å². The van der Waals surface area contributed by atoms with Gasteiger partial charge in [0.1, 0.15) is 6.33 Å². The van der Waals surface area contributed by atoms with Crippen LogP contribution in [0.2, 0.25) is 0 Å². The van der Waals surface area contributed by atoms with Crippen LogP contribution in [0.1, 0.15) is 61.1 Å². The second-order valence-electron chi connectivity index (χ2n) is 9.38. The number of amides is 1. The number of nitrogens with zero attached hydrogens (tertiary/aromatic N) is 3. The van der Waals surface area contributed by atoms with Gasteiger partial charge in [-0.15, -0.1) is 0 Å². The van der Waals surface area contributed by atoms with Crippen molar-refractivity contribution >= 4 is 16.8 Å². The zero-order chi connectivity index (χ0) is 22.9. The second kappa shape index (κ2) is 8.77. The summed E-state index contributed by atoms with van der Waals surface area (Å²) in [6, 6.07) is 11.9. The van der Waals surface area contributed by atoms with Gasteiger partial charge in [0.25, 0.3) is 5.91 Å². The van der Waals surface area contributed by atoms with E-state index in [1.54, 1.807) is 20.5 Å². The van der Waals surface area contributed by atoms with E-state index in [9.17, 15) is 4.79 Å². The van der Waals surface area contributed by atoms with Gasteiger partial charge in [0.15, 0.2) is 11.5 Å². The molecule has 1 aliphatic rings. The quantitative estimate of drug-likeness (QED) is 0.582. The number of hydrogen-bond donors (Lipinski definition) is 0. The van der Waals surface area contributed by atoms with Gasteiger partial charge in [0.2, 0.25) is 0 Å². The molecule has 0 unspecified atom stereocenters. The Morgan fingerprint density at radius 2 is 1.59 bits per heavy atom. The molecule has 4 rings (SSSR count). The van der Waals surface area contributed by atoms with Gasteiger partial charge in [-0.3, -0.25) is 4.79 Å². The van der Waals surface area contributed by atoms with Crippen LogP contribution in [0.3, 0.4) is 0 Å². The van der Waals surface area contributed by atoms with E-state index in [0.29, 0.717) is 24.6 Å². The molecule has 6 nitrogen and oxygen atoms in total. The smallest absolute Gasteiger partial charge is 0.253 e. The van der Waals surface area contributed by atoms with Gasteiger partial charge in [-0.05, 0) is 42.0 Å². The highest BCUT2D eigenvalue weighted by Gasteiger charge is 2.27. The summed E-state index contributed by atoms with van der Waals surface area (Å²) in [5.74, 6) is 1.69. The van der Waals surface area contributed by atoms with Crippen LogP contribution in [-0.4, -0.2) is 48.1 Å². The summed E-state index contributed by atoms with van der Waals surface area (Å²) < 4.78 is 10.9. The van der Waals surface area contributed by atoms with Crippen molar-refractivity contribution < 1.29 is 14.3 Å². The van der Waals surface area contributed by atoms with E-state index in [1.807, 2.05) is 29.2 Å². The first-order valence-electron chi connectivity index (χ1n) is 11.1. The average molecular weight is 434 g/mol. The van der Waals surface area contributed by atoms with Gasteiger partial charge in [-0.25, -0.2) is 9.97 Å². The number of carbonyl (C=O) groups is 1. The molecule has 0 bridgehead atoms. The number of rotatable bonds is 4. The fraction of sp³-hybridized carbons (Fsp3) is 0.423. The average Bonchev–Trinajstić information content (AvgIpc) is 2.82. The topological polar surface area (TPSA) is 64.6 Å². The molecule has 32 heavy (non-hydrogen) atoms. The summed E-state index contributed by atoms with van der Waals surface area (Å²) in [5, 5.41) is 0.979. The number of aromatic nitrogens is 2. The van der Waals surface area contributed by atoms with E-state index in [1.165, 1.54) is 5.56 Å². The Morgan fingerprint density at radius 3 is 2.19 bits per heavy atom. The Hall–Kier alpha value is -3.15. The number of piperidine rings is 1. The lowest BCUT2D eigenvalue weighted by atomic mass is 9.86. The molecule has 1 aliphatic heterocycles. The fourth-order valence-electron chi connectivity index (χ4n) is 4.38. The van der Waals surface area contributed by atoms with Crippen molar-refractivity contribution in [2.75, 3.05) is 27.3 Å². The monoisotopic (exact) mass is 433 g/mol. The molecule has 2 aromatic carbocycles. The van der Waals surface area contributed by atoms with Crippen LogP contribution >= 0.6 is 0 Å². The molecule has 168 valence electrons. The molecule has 0 atom stereocenters. The molecule has 0 N–H and O–H groups in total. The Kier molecular flexibility index (Phi) is 6.04. The maximum atomic E-state index is 13.0. The van der Waals surface area contributed by atoms with Crippen molar-refractivity contribution in [2.24, 2.45) is 0 Å². The molecule has 0 saturated carbocycles. The summed E-state index contributed by atoms with van der Waals surface area (Å²) in [6.45, 7) is 7.96. The van der Waals surface area contributed by atoms with E-state index in [4.69, 9.17) is 9.47 Å². The van der Waals surface area contributed by atoms with Gasteiger partial charge in [0.05, 0.1) is 25.4 Å². The van der Waals surface area contributed by atoms with Gasteiger partial charge in [-0.2, -0.15) is 0 Å². The molecule has 1 aromatic heterocycles. The van der Waals surface area contributed by atoms with Gasteiger partial charge in [-0.1, -0.05) is 32.9 Å². The maximum absolute atomic E-state index is 13.0. The maximum Gasteiger partial charge on any atom is 0.253 e. The highest BCUT2D eigenvalue weighted by atomic mass is 16.5. The van der Waals surface area contributed by atoms with Crippen molar-refractivity contribution in [2.45, 2.75) is 44.9 Å². The van der Waals surface area contributed by atoms with E-state index in [2.05, 4.69) is 42.9 Å². The van der Waals surface area contributed by atoms with Crippen LogP contribution in [-0.2, 0) is 5.41 Å². The molecule has 6 heteroatoms. The standard InChI is InChI=1S/C26H31N3O3/c1-26(2,3)19-8-6-18(7-9-19)25(30)29-12-10-17(11-13-29)24-20-14-22(31-4)23(32-5)15-21(20)27-16-28-24/h6-9,14-17H,10-13H2,1-5H3. The Morgan fingerprint density at radius 1 is 0.969 bits per heavy atom. The third-order valence-electron chi connectivity index (χ3n) is 6.34. The summed E-state index contributed by atoms with van der Waals surface area (Å²) in [4.78, 5) is 24.0. The predicted octanol–water partition coefficient (Wildman–Crippen LogP) is 4.96. The third kappa shape index (κ3) is 4.27. The molecule has 0 radical (unpaired) electrons. The number of benzene rings is 2. The molecule has 0 spiro atoms. The molecule has 2 heterocycles. The minimum Gasteiger partial charge on any atom is -0.493 e. The first-order chi connectivity index (χ1) is 15.3. The normalized spacial score (nSPS) is 15.1. The molecule has 1 fully saturated rings. The molecule has 1 amide bonds. The highest BCUT2D eigenvalue weighted by Crippen LogP contribution is 2.37. The number of likely N-dealkylation sites (tertiary alicyclic amines) is 1. The van der Waals surface area contributed by atoms with Crippen molar-refractivity contribution in [1.29, 1.82) is 0 Å². The number of ether oxygens (including phenoxy) is 2. The molecular weight excluding hydrogens is 402 g/mol. The summed E-state index contributed by atoms with van der Waals surface area (Å²) >= 11 is 0. The molecular formula is C26H31N3O3. The zero-order valence-electron chi connectivity index (χ0n) is 19.5. The Bertz CT molecular complexity index is 1110. The summed E-state index contributed by atoms with van der Waals surface area (Å²) in [5.41, 5.74) is 3.91. The lowest BCUT2D eigenvalue weighted by Gasteiger charge is -2.32. The molecule has 1 saturated heterocycles. The molecule has 0 aliphatic carbocycles. The van der Waals surface area contributed by atoms with Crippen LogP contribution in [0.4, 0.5) is 0 Å². The van der Waals surface area contributed by atoms with Gasteiger partial charge < -0.3 is 14.4 Å². The van der Waals surface area contributed by atoms with Crippen LogP contribution in [0.15, 0.2) is 42.7 Å². The Labute approximate surface area is 189 Å². The summed E-state index contributed by atoms with van der Waals surface area (Å²) in [7, 11) is 3.25. The second-order valence-corrected chi connectivity index (χ2v) is 9.38. The zero-order valence-corrected chi connectivity index (χ0v) is 19.5. The van der Waals surface area contributed by atoms with Crippen molar-refractivity contribution in [3.8, 4) is 11.5 Å². The van der Waals surface area contributed by atoms with Crippen LogP contribution < -0.4 is 9.47 Å². The lowest BCUT2D eigenvalue weighted by Crippen LogP contribution is -2.38. The third-order valence-corrected chi connectivity index (χ3v) is 6.34. The highest BCUT2D eigenvalue weighted by molar-refractivity contribution is 5.94. The summed E-state index contributed by atoms with van der Waals surface area (Å²) in [6.07, 6.45) is 3.34. The molecule has 3 aromatic rings.